The monoisotopic (exact) mass is 496 g/mol. The number of nitriles is 1. The molecule has 0 radical (unpaired) electrons. The fourth-order valence-electron chi connectivity index (χ4n) is 5.20. The first-order valence-corrected chi connectivity index (χ1v) is 12.5. The van der Waals surface area contributed by atoms with Gasteiger partial charge in [0.25, 0.3) is 0 Å². The van der Waals surface area contributed by atoms with Crippen LogP contribution in [-0.2, 0) is 5.41 Å². The van der Waals surface area contributed by atoms with Crippen LogP contribution in [0.25, 0.3) is 0 Å². The van der Waals surface area contributed by atoms with Crippen LogP contribution >= 0.6 is 0 Å². The highest BCUT2D eigenvalue weighted by molar-refractivity contribution is 5.97. The van der Waals surface area contributed by atoms with Gasteiger partial charge < -0.3 is 19.1 Å². The summed E-state index contributed by atoms with van der Waals surface area (Å²) in [5.74, 6) is 1.41. The second-order valence-corrected chi connectivity index (χ2v) is 9.74. The van der Waals surface area contributed by atoms with Crippen LogP contribution in [0.1, 0.15) is 55.5 Å². The number of methoxy groups -OCH3 is 3. The van der Waals surface area contributed by atoms with Crippen molar-refractivity contribution in [3.8, 4) is 23.3 Å². The van der Waals surface area contributed by atoms with E-state index in [9.17, 15) is 14.4 Å². The van der Waals surface area contributed by atoms with Gasteiger partial charge in [-0.25, -0.2) is 4.39 Å². The van der Waals surface area contributed by atoms with Gasteiger partial charge in [-0.05, 0) is 93.2 Å². The number of Topliss-reactive ketones (excluding diaryl/α,β-unsaturated/α-hetero) is 1. The Bertz CT molecular complexity index is 1050. The minimum atomic E-state index is -0.705. The molecule has 0 amide bonds. The highest BCUT2D eigenvalue weighted by Gasteiger charge is 2.37. The number of carbonyl (C=O) groups excluding carboxylic acids is 1. The van der Waals surface area contributed by atoms with Crippen molar-refractivity contribution in [3.63, 3.8) is 0 Å². The largest absolute Gasteiger partial charge is 0.493 e. The first-order chi connectivity index (χ1) is 17.3. The molecule has 0 bridgehead atoms. The zero-order valence-electron chi connectivity index (χ0n) is 22.0. The van der Waals surface area contributed by atoms with Crippen LogP contribution in [0, 0.1) is 29.0 Å². The van der Waals surface area contributed by atoms with Crippen LogP contribution in [0.15, 0.2) is 36.4 Å². The quantitative estimate of drug-likeness (QED) is 0.375. The van der Waals surface area contributed by atoms with Crippen LogP contribution in [0.2, 0.25) is 0 Å². The number of ether oxygens (including phenoxy) is 3. The average molecular weight is 497 g/mol. The number of halogens is 1. The van der Waals surface area contributed by atoms with Crippen molar-refractivity contribution in [2.75, 3.05) is 41.0 Å². The molecule has 0 spiro atoms. The number of carbonyl (C=O) groups is 1. The van der Waals surface area contributed by atoms with Crippen molar-refractivity contribution in [1.29, 1.82) is 5.26 Å². The van der Waals surface area contributed by atoms with Crippen molar-refractivity contribution < 1.29 is 23.4 Å². The van der Waals surface area contributed by atoms with Gasteiger partial charge in [-0.3, -0.25) is 4.79 Å². The first-order valence-electron chi connectivity index (χ1n) is 12.5. The lowest BCUT2D eigenvalue weighted by Gasteiger charge is -2.35. The third kappa shape index (κ3) is 5.82. The molecule has 1 atom stereocenters. The Morgan fingerprint density at radius 1 is 1.08 bits per heavy atom. The summed E-state index contributed by atoms with van der Waals surface area (Å²) >= 11 is 0. The number of rotatable bonds is 11. The van der Waals surface area contributed by atoms with Gasteiger partial charge >= 0.3 is 0 Å². The van der Waals surface area contributed by atoms with E-state index in [0.717, 1.165) is 44.5 Å². The maximum absolute atomic E-state index is 13.2. The zero-order chi connectivity index (χ0) is 26.3. The molecule has 1 aliphatic rings. The van der Waals surface area contributed by atoms with E-state index in [1.807, 2.05) is 12.1 Å². The van der Waals surface area contributed by atoms with Gasteiger partial charge in [0.05, 0.1) is 32.8 Å². The fourth-order valence-corrected chi connectivity index (χ4v) is 5.20. The summed E-state index contributed by atoms with van der Waals surface area (Å²) in [6.07, 6.45) is 3.11. The van der Waals surface area contributed by atoms with E-state index < -0.39 is 5.41 Å². The summed E-state index contributed by atoms with van der Waals surface area (Å²) in [5, 5.41) is 10.4. The van der Waals surface area contributed by atoms with Crippen molar-refractivity contribution in [3.05, 3.63) is 53.3 Å². The Labute approximate surface area is 214 Å². The Morgan fingerprint density at radius 3 is 2.14 bits per heavy atom. The molecular weight excluding hydrogens is 459 g/mol. The summed E-state index contributed by atoms with van der Waals surface area (Å²) < 4.78 is 29.7. The van der Waals surface area contributed by atoms with E-state index in [4.69, 9.17) is 14.2 Å². The predicted octanol–water partition coefficient (Wildman–Crippen LogP) is 5.64. The lowest BCUT2D eigenvalue weighted by atomic mass is 9.69. The van der Waals surface area contributed by atoms with Crippen LogP contribution in [-0.4, -0.2) is 51.6 Å². The number of hydrogen-bond acceptors (Lipinski definition) is 6. The number of nitrogens with zero attached hydrogens (tertiary/aromatic N) is 2. The van der Waals surface area contributed by atoms with Gasteiger partial charge in [-0.1, -0.05) is 13.8 Å². The van der Waals surface area contributed by atoms with Crippen LogP contribution in [0.3, 0.4) is 0 Å². The number of likely N-dealkylation sites (tertiary alicyclic amines) is 1. The van der Waals surface area contributed by atoms with Crippen LogP contribution < -0.4 is 14.2 Å². The van der Waals surface area contributed by atoms with Gasteiger partial charge in [0.1, 0.15) is 5.82 Å². The third-order valence-electron chi connectivity index (χ3n) is 7.50. The lowest BCUT2D eigenvalue weighted by Crippen LogP contribution is -2.38. The number of piperidine rings is 1. The summed E-state index contributed by atoms with van der Waals surface area (Å²) in [5.41, 5.74) is 0.734. The van der Waals surface area contributed by atoms with Gasteiger partial charge in [0.2, 0.25) is 5.75 Å². The number of hydrogen-bond donors (Lipinski definition) is 0. The standard InChI is InChI=1S/C29H37FN2O4/c1-20(2)29(19-31,23-17-25(34-3)28(36-5)26(18-23)35-4)13-6-14-32-15-11-22(12-16-32)27(33)21-7-9-24(30)10-8-21/h7-10,17-18,20,22H,6,11-16H2,1-5H3. The molecule has 0 saturated carbocycles. The molecule has 1 heterocycles. The van der Waals surface area contributed by atoms with Crippen molar-refractivity contribution in [2.24, 2.45) is 11.8 Å². The molecule has 194 valence electrons. The average Bonchev–Trinajstić information content (AvgIpc) is 2.90. The summed E-state index contributed by atoms with van der Waals surface area (Å²) in [6.45, 7) is 6.67. The van der Waals surface area contributed by atoms with Gasteiger partial charge in [0.15, 0.2) is 17.3 Å². The van der Waals surface area contributed by atoms with Crippen LogP contribution in [0.5, 0.6) is 17.2 Å². The summed E-state index contributed by atoms with van der Waals surface area (Å²) in [6, 6.07) is 12.2. The number of benzene rings is 2. The highest BCUT2D eigenvalue weighted by atomic mass is 19.1. The van der Waals surface area contributed by atoms with E-state index in [0.29, 0.717) is 29.2 Å². The molecule has 7 heteroatoms. The lowest BCUT2D eigenvalue weighted by molar-refractivity contribution is 0.0837. The second kappa shape index (κ2) is 12.2. The van der Waals surface area contributed by atoms with Crippen molar-refractivity contribution in [1.82, 2.24) is 4.90 Å². The molecule has 2 aromatic rings. The smallest absolute Gasteiger partial charge is 0.203 e. The minimum absolute atomic E-state index is 0.0280. The zero-order valence-corrected chi connectivity index (χ0v) is 22.0. The van der Waals surface area contributed by atoms with E-state index in [2.05, 4.69) is 24.8 Å². The molecule has 0 aliphatic carbocycles. The second-order valence-electron chi connectivity index (χ2n) is 9.74. The number of ketones is 1. The van der Waals surface area contributed by atoms with Gasteiger partial charge in [-0.15, -0.1) is 0 Å². The molecular formula is C29H37FN2O4. The molecule has 0 N–H and O–H groups in total. The minimum Gasteiger partial charge on any atom is -0.493 e. The predicted molar refractivity (Wildman–Crippen MR) is 137 cm³/mol. The molecule has 1 aliphatic heterocycles. The molecule has 3 rings (SSSR count). The third-order valence-corrected chi connectivity index (χ3v) is 7.50. The topological polar surface area (TPSA) is 71.8 Å². The SMILES string of the molecule is COc1cc(C(C#N)(CCCN2CCC(C(=O)c3ccc(F)cc3)CC2)C(C)C)cc(OC)c1OC. The van der Waals surface area contributed by atoms with E-state index in [1.165, 1.54) is 12.1 Å². The normalized spacial score (nSPS) is 16.3. The molecule has 1 saturated heterocycles. The molecule has 0 aromatic heterocycles. The highest BCUT2D eigenvalue weighted by Crippen LogP contribution is 2.45. The van der Waals surface area contributed by atoms with Crippen molar-refractivity contribution in [2.45, 2.75) is 44.9 Å². The Balaban J connectivity index is 1.65. The molecule has 6 nitrogen and oxygen atoms in total. The first kappa shape index (κ1) is 27.5. The van der Waals surface area contributed by atoms with Crippen LogP contribution in [0.4, 0.5) is 4.39 Å². The van der Waals surface area contributed by atoms with Gasteiger partial charge in [0, 0.05) is 11.5 Å². The maximum Gasteiger partial charge on any atom is 0.203 e. The summed E-state index contributed by atoms with van der Waals surface area (Å²) in [7, 11) is 4.72. The Morgan fingerprint density at radius 2 is 1.67 bits per heavy atom. The van der Waals surface area contributed by atoms with Crippen molar-refractivity contribution >= 4 is 5.78 Å². The molecule has 2 aromatic carbocycles. The fraction of sp³-hybridized carbons (Fsp3) is 0.517. The Kier molecular flexibility index (Phi) is 9.33. The Hall–Kier alpha value is -3.11. The van der Waals surface area contributed by atoms with E-state index in [-0.39, 0.29) is 23.4 Å². The molecule has 1 unspecified atom stereocenters. The van der Waals surface area contributed by atoms with Gasteiger partial charge in [-0.2, -0.15) is 5.26 Å². The maximum atomic E-state index is 13.2. The van der Waals surface area contributed by atoms with E-state index in [1.54, 1.807) is 33.5 Å². The van der Waals surface area contributed by atoms with E-state index >= 15 is 0 Å². The molecule has 1 fully saturated rings. The summed E-state index contributed by atoms with van der Waals surface area (Å²) in [4.78, 5) is 15.1. The molecule has 36 heavy (non-hydrogen) atoms.